The van der Waals surface area contributed by atoms with E-state index >= 15 is 0 Å². The van der Waals surface area contributed by atoms with Crippen molar-refractivity contribution >= 4 is 5.97 Å². The number of fused-ring (bicyclic) bond motifs is 3. The summed E-state index contributed by atoms with van der Waals surface area (Å²) in [6.45, 7) is 8.78. The smallest absolute Gasteiger partial charge is 0.322 e. The first-order chi connectivity index (χ1) is 12.2. The van der Waals surface area contributed by atoms with Crippen molar-refractivity contribution in [1.82, 2.24) is 0 Å². The van der Waals surface area contributed by atoms with Gasteiger partial charge in [0.05, 0.1) is 6.10 Å². The van der Waals surface area contributed by atoms with Gasteiger partial charge in [-0.05, 0) is 67.1 Å². The number of hydrogen-bond acceptors (Lipinski definition) is 4. The first-order valence-corrected chi connectivity index (χ1v) is 9.96. The van der Waals surface area contributed by atoms with Crippen molar-refractivity contribution in [2.75, 3.05) is 6.61 Å². The topological polar surface area (TPSA) is 72.5 Å². The monoisotopic (exact) mass is 359 g/mol. The van der Waals surface area contributed by atoms with E-state index in [4.69, 9.17) is 10.5 Å². The molecule has 0 heterocycles. The average molecular weight is 360 g/mol. The van der Waals surface area contributed by atoms with Crippen LogP contribution in [0.5, 0.6) is 0 Å². The first kappa shape index (κ1) is 19.4. The number of carbonyl (C=O) groups is 1. The number of aliphatic hydroxyl groups excluding tert-OH is 1. The third-order valence-electron chi connectivity index (χ3n) is 6.47. The lowest BCUT2D eigenvalue weighted by Gasteiger charge is -2.41. The van der Waals surface area contributed by atoms with Gasteiger partial charge in [-0.2, -0.15) is 0 Å². The Morgan fingerprint density at radius 3 is 2.73 bits per heavy atom. The fourth-order valence-electron chi connectivity index (χ4n) is 4.92. The number of carbonyl (C=O) groups excluding carboxylic acids is 1. The van der Waals surface area contributed by atoms with Gasteiger partial charge in [0, 0.05) is 5.92 Å². The van der Waals surface area contributed by atoms with Crippen molar-refractivity contribution in [3.05, 3.63) is 34.4 Å². The Morgan fingerprint density at radius 1 is 1.35 bits per heavy atom. The van der Waals surface area contributed by atoms with Crippen LogP contribution in [0.4, 0.5) is 0 Å². The van der Waals surface area contributed by atoms with Crippen LogP contribution < -0.4 is 5.73 Å². The van der Waals surface area contributed by atoms with E-state index in [1.807, 2.05) is 0 Å². The maximum atomic E-state index is 11.7. The van der Waals surface area contributed by atoms with Crippen LogP contribution >= 0.6 is 0 Å². The van der Waals surface area contributed by atoms with Gasteiger partial charge < -0.3 is 15.6 Å². The minimum atomic E-state index is -0.620. The molecule has 0 saturated heterocycles. The second kappa shape index (κ2) is 7.32. The van der Waals surface area contributed by atoms with Crippen molar-refractivity contribution in [1.29, 1.82) is 0 Å². The number of esters is 1. The first-order valence-electron chi connectivity index (χ1n) is 9.96. The number of aliphatic hydroxyl groups is 1. The zero-order valence-electron chi connectivity index (χ0n) is 16.5. The van der Waals surface area contributed by atoms with E-state index in [9.17, 15) is 9.90 Å². The summed E-state index contributed by atoms with van der Waals surface area (Å²) in [5.41, 5.74) is 11.2. The molecule has 3 rings (SSSR count). The Morgan fingerprint density at radius 2 is 2.08 bits per heavy atom. The van der Waals surface area contributed by atoms with E-state index in [-0.39, 0.29) is 17.9 Å². The third kappa shape index (κ3) is 3.54. The van der Waals surface area contributed by atoms with Gasteiger partial charge in [0.1, 0.15) is 12.6 Å². The lowest BCUT2D eigenvalue weighted by atomic mass is 9.64. The van der Waals surface area contributed by atoms with E-state index in [0.717, 1.165) is 18.4 Å². The standard InChI is InChI=1S/C22H33NO3/c1-13(2)16-7-9-22(4)10-8-17-18(20(16)22)6-5-15(11-19(17)24)12-26-21(25)14(3)23/h5-6,13-14,17,19,24H,7-12,23H2,1-4H3. The zero-order chi connectivity index (χ0) is 19.1. The molecule has 0 amide bonds. The molecule has 0 spiro atoms. The molecule has 0 aromatic heterocycles. The summed E-state index contributed by atoms with van der Waals surface area (Å²) < 4.78 is 5.28. The highest BCUT2D eigenvalue weighted by molar-refractivity contribution is 5.75. The highest BCUT2D eigenvalue weighted by Gasteiger charge is 2.46. The van der Waals surface area contributed by atoms with Crippen LogP contribution in [0.1, 0.15) is 59.8 Å². The number of rotatable bonds is 4. The van der Waals surface area contributed by atoms with E-state index < -0.39 is 18.1 Å². The van der Waals surface area contributed by atoms with Crippen molar-refractivity contribution < 1.29 is 14.6 Å². The average Bonchev–Trinajstić information content (AvgIpc) is 2.85. The van der Waals surface area contributed by atoms with E-state index in [1.165, 1.54) is 24.0 Å². The maximum Gasteiger partial charge on any atom is 0.322 e. The van der Waals surface area contributed by atoms with E-state index in [0.29, 0.717) is 12.3 Å². The Kier molecular flexibility index (Phi) is 5.45. The van der Waals surface area contributed by atoms with Crippen molar-refractivity contribution in [2.45, 2.75) is 71.9 Å². The van der Waals surface area contributed by atoms with Crippen LogP contribution in [0.2, 0.25) is 0 Å². The van der Waals surface area contributed by atoms with Crippen LogP contribution in [0.15, 0.2) is 34.4 Å². The quantitative estimate of drug-likeness (QED) is 0.752. The molecule has 4 heteroatoms. The molecule has 4 atom stereocenters. The fraction of sp³-hybridized carbons (Fsp3) is 0.682. The molecule has 0 aromatic rings. The lowest BCUT2D eigenvalue weighted by Crippen LogP contribution is -2.33. The Labute approximate surface area is 157 Å². The summed E-state index contributed by atoms with van der Waals surface area (Å²) in [7, 11) is 0. The molecule has 4 unspecified atom stereocenters. The molecule has 1 saturated carbocycles. The van der Waals surface area contributed by atoms with Crippen molar-refractivity contribution in [2.24, 2.45) is 23.0 Å². The van der Waals surface area contributed by atoms with Gasteiger partial charge in [0.25, 0.3) is 0 Å². The lowest BCUT2D eigenvalue weighted by molar-refractivity contribution is -0.143. The number of allylic oxidation sites excluding steroid dienone is 4. The Balaban J connectivity index is 1.90. The number of hydrogen-bond donors (Lipinski definition) is 2. The van der Waals surface area contributed by atoms with E-state index in [1.54, 1.807) is 12.5 Å². The van der Waals surface area contributed by atoms with Gasteiger partial charge in [-0.3, -0.25) is 4.79 Å². The summed E-state index contributed by atoms with van der Waals surface area (Å²) in [4.78, 5) is 11.7. The largest absolute Gasteiger partial charge is 0.460 e. The molecule has 0 aromatic carbocycles. The molecular weight excluding hydrogens is 326 g/mol. The van der Waals surface area contributed by atoms with Gasteiger partial charge in [-0.1, -0.05) is 38.5 Å². The highest BCUT2D eigenvalue weighted by Crippen LogP contribution is 2.57. The molecule has 3 aliphatic carbocycles. The van der Waals surface area contributed by atoms with Crippen molar-refractivity contribution in [3.8, 4) is 0 Å². The molecule has 1 fully saturated rings. The maximum absolute atomic E-state index is 11.7. The summed E-state index contributed by atoms with van der Waals surface area (Å²) in [5.74, 6) is 0.327. The normalized spacial score (nSPS) is 32.4. The Hall–Kier alpha value is -1.39. The molecule has 3 aliphatic rings. The predicted octanol–water partition coefficient (Wildman–Crippen LogP) is 3.66. The summed E-state index contributed by atoms with van der Waals surface area (Å²) in [6.07, 6.45) is 8.95. The molecule has 26 heavy (non-hydrogen) atoms. The SMILES string of the molecule is CC(C)C1=C2C3=CC=C(COC(=O)C(C)N)CC(O)C3CCC2(C)CC1. The second-order valence-electron chi connectivity index (χ2n) is 8.88. The molecular formula is C22H33NO3. The van der Waals surface area contributed by atoms with Crippen LogP contribution in [-0.2, 0) is 9.53 Å². The zero-order valence-corrected chi connectivity index (χ0v) is 16.5. The van der Waals surface area contributed by atoms with E-state index in [2.05, 4.69) is 32.9 Å². The number of nitrogens with two attached hydrogens (primary N) is 1. The Bertz CT molecular complexity index is 671. The highest BCUT2D eigenvalue weighted by atomic mass is 16.5. The molecule has 0 radical (unpaired) electrons. The molecule has 0 bridgehead atoms. The van der Waals surface area contributed by atoms with Gasteiger partial charge in [-0.25, -0.2) is 0 Å². The summed E-state index contributed by atoms with van der Waals surface area (Å²) >= 11 is 0. The minimum absolute atomic E-state index is 0.183. The van der Waals surface area contributed by atoms with Crippen molar-refractivity contribution in [3.63, 3.8) is 0 Å². The van der Waals surface area contributed by atoms with Crippen LogP contribution in [0.25, 0.3) is 0 Å². The molecule has 0 aliphatic heterocycles. The van der Waals surface area contributed by atoms with Crippen LogP contribution in [0.3, 0.4) is 0 Å². The van der Waals surface area contributed by atoms with Gasteiger partial charge in [0.2, 0.25) is 0 Å². The van der Waals surface area contributed by atoms with Gasteiger partial charge in [-0.15, -0.1) is 0 Å². The molecule has 3 N–H and O–H groups in total. The summed E-state index contributed by atoms with van der Waals surface area (Å²) in [5, 5.41) is 10.9. The van der Waals surface area contributed by atoms with Crippen LogP contribution in [-0.4, -0.2) is 29.8 Å². The van der Waals surface area contributed by atoms with Gasteiger partial charge >= 0.3 is 5.97 Å². The predicted molar refractivity (Wildman–Crippen MR) is 103 cm³/mol. The van der Waals surface area contributed by atoms with Gasteiger partial charge in [0.15, 0.2) is 0 Å². The third-order valence-corrected chi connectivity index (χ3v) is 6.47. The molecule has 144 valence electrons. The fourth-order valence-corrected chi connectivity index (χ4v) is 4.92. The summed E-state index contributed by atoms with van der Waals surface area (Å²) in [6, 6.07) is -0.620. The molecule has 4 nitrogen and oxygen atoms in total. The van der Waals surface area contributed by atoms with Crippen LogP contribution in [0, 0.1) is 17.3 Å². The minimum Gasteiger partial charge on any atom is -0.460 e. The second-order valence-corrected chi connectivity index (χ2v) is 8.88. The number of ether oxygens (including phenoxy) is 1.